The van der Waals surface area contributed by atoms with E-state index in [1.807, 2.05) is 18.5 Å². The standard InChI is InChI=1S/C25H35NO2/c1-20-13-14-22-23(12-8-6-4-3-5-7-9-16-27)25(2,19-28-24(22)17-20)21-11-10-15-26-18-21/h10-11,13-15,17-18,23,27H,3-9,12,16,19H2,1-2H3/t23-,25-/m1/s1. The van der Waals surface area contributed by atoms with Gasteiger partial charge in [-0.3, -0.25) is 4.98 Å². The molecule has 0 amide bonds. The van der Waals surface area contributed by atoms with Gasteiger partial charge < -0.3 is 9.84 Å². The SMILES string of the molecule is Cc1ccc2c(c1)OC[C@](C)(c1cccnc1)[C@@H]2CCCCCCCCCO. The number of aliphatic hydroxyl groups is 1. The number of unbranched alkanes of at least 4 members (excludes halogenated alkanes) is 6. The Morgan fingerprint density at radius 3 is 2.54 bits per heavy atom. The van der Waals surface area contributed by atoms with E-state index in [1.54, 1.807) is 0 Å². The smallest absolute Gasteiger partial charge is 0.123 e. The largest absolute Gasteiger partial charge is 0.492 e. The second kappa shape index (κ2) is 10.1. The van der Waals surface area contributed by atoms with Gasteiger partial charge in [0.15, 0.2) is 0 Å². The van der Waals surface area contributed by atoms with Crippen molar-refractivity contribution in [3.63, 3.8) is 0 Å². The van der Waals surface area contributed by atoms with Crippen LogP contribution in [0.4, 0.5) is 0 Å². The van der Waals surface area contributed by atoms with Gasteiger partial charge in [0.1, 0.15) is 5.75 Å². The molecule has 0 unspecified atom stereocenters. The number of aliphatic hydroxyl groups excluding tert-OH is 1. The summed E-state index contributed by atoms with van der Waals surface area (Å²) in [5.41, 5.74) is 3.84. The maximum absolute atomic E-state index is 8.88. The van der Waals surface area contributed by atoms with E-state index in [0.717, 1.165) is 18.6 Å². The van der Waals surface area contributed by atoms with Crippen LogP contribution >= 0.6 is 0 Å². The van der Waals surface area contributed by atoms with Crippen molar-refractivity contribution in [2.45, 2.75) is 76.5 Å². The number of ether oxygens (including phenoxy) is 1. The molecular weight excluding hydrogens is 346 g/mol. The number of pyridine rings is 1. The Balaban J connectivity index is 1.68. The summed E-state index contributed by atoms with van der Waals surface area (Å²) in [7, 11) is 0. The van der Waals surface area contributed by atoms with Gasteiger partial charge in [-0.1, -0.05) is 63.6 Å². The summed E-state index contributed by atoms with van der Waals surface area (Å²) < 4.78 is 6.24. The minimum absolute atomic E-state index is 0.0440. The fourth-order valence-electron chi connectivity index (χ4n) is 4.53. The Kier molecular flexibility index (Phi) is 7.50. The number of hydrogen-bond acceptors (Lipinski definition) is 3. The Labute approximate surface area is 170 Å². The highest BCUT2D eigenvalue weighted by molar-refractivity contribution is 5.45. The van der Waals surface area contributed by atoms with Gasteiger partial charge in [-0.2, -0.15) is 0 Å². The molecule has 1 aliphatic rings. The van der Waals surface area contributed by atoms with Crippen molar-refractivity contribution in [3.05, 3.63) is 59.4 Å². The molecule has 3 heteroatoms. The lowest BCUT2D eigenvalue weighted by Crippen LogP contribution is -2.40. The van der Waals surface area contributed by atoms with E-state index < -0.39 is 0 Å². The van der Waals surface area contributed by atoms with Gasteiger partial charge in [-0.25, -0.2) is 0 Å². The topological polar surface area (TPSA) is 42.4 Å². The van der Waals surface area contributed by atoms with Crippen molar-refractivity contribution >= 4 is 0 Å². The summed E-state index contributed by atoms with van der Waals surface area (Å²) in [6.07, 6.45) is 13.5. The first-order valence-corrected chi connectivity index (χ1v) is 10.9. The van der Waals surface area contributed by atoms with E-state index in [2.05, 4.69) is 43.1 Å². The molecule has 2 atom stereocenters. The van der Waals surface area contributed by atoms with Gasteiger partial charge >= 0.3 is 0 Å². The number of hydrogen-bond donors (Lipinski definition) is 1. The number of nitrogens with zero attached hydrogens (tertiary/aromatic N) is 1. The number of rotatable bonds is 10. The molecule has 2 aromatic rings. The predicted octanol–water partition coefficient (Wildman–Crippen LogP) is 5.94. The third-order valence-corrected chi connectivity index (χ3v) is 6.31. The second-order valence-electron chi connectivity index (χ2n) is 8.53. The molecule has 0 spiro atoms. The Bertz CT molecular complexity index is 731. The van der Waals surface area contributed by atoms with E-state index in [0.29, 0.717) is 19.1 Å². The van der Waals surface area contributed by atoms with E-state index in [-0.39, 0.29) is 5.41 Å². The zero-order valence-corrected chi connectivity index (χ0v) is 17.5. The van der Waals surface area contributed by atoms with Crippen LogP contribution in [0, 0.1) is 6.92 Å². The van der Waals surface area contributed by atoms with Crippen molar-refractivity contribution in [2.75, 3.05) is 13.2 Å². The number of benzene rings is 1. The molecule has 0 radical (unpaired) electrons. The predicted molar refractivity (Wildman–Crippen MR) is 115 cm³/mol. The molecule has 1 aromatic heterocycles. The molecule has 28 heavy (non-hydrogen) atoms. The van der Waals surface area contributed by atoms with Crippen molar-refractivity contribution in [1.29, 1.82) is 0 Å². The molecule has 0 saturated carbocycles. The van der Waals surface area contributed by atoms with Crippen LogP contribution in [0.15, 0.2) is 42.7 Å². The highest BCUT2D eigenvalue weighted by Gasteiger charge is 2.42. The second-order valence-corrected chi connectivity index (χ2v) is 8.53. The lowest BCUT2D eigenvalue weighted by atomic mass is 9.66. The van der Waals surface area contributed by atoms with Gasteiger partial charge in [0.05, 0.1) is 6.61 Å². The summed E-state index contributed by atoms with van der Waals surface area (Å²) in [4.78, 5) is 4.38. The molecule has 1 aromatic carbocycles. The molecule has 1 aliphatic heterocycles. The van der Waals surface area contributed by atoms with Gasteiger partial charge in [0.2, 0.25) is 0 Å². The summed E-state index contributed by atoms with van der Waals surface area (Å²) in [6, 6.07) is 10.9. The Morgan fingerprint density at radius 1 is 1.07 bits per heavy atom. The monoisotopic (exact) mass is 381 g/mol. The quantitative estimate of drug-likeness (QED) is 0.518. The summed E-state index contributed by atoms with van der Waals surface area (Å²) in [5, 5.41) is 8.88. The van der Waals surface area contributed by atoms with Crippen LogP contribution in [0.1, 0.15) is 80.9 Å². The van der Waals surface area contributed by atoms with Gasteiger partial charge in [0.25, 0.3) is 0 Å². The highest BCUT2D eigenvalue weighted by Crippen LogP contribution is 2.48. The fraction of sp³-hybridized carbons (Fsp3) is 0.560. The van der Waals surface area contributed by atoms with Crippen LogP contribution in [0.2, 0.25) is 0 Å². The maximum Gasteiger partial charge on any atom is 0.123 e. The van der Waals surface area contributed by atoms with Crippen LogP contribution in [-0.2, 0) is 5.41 Å². The number of aryl methyl sites for hydroxylation is 1. The van der Waals surface area contributed by atoms with E-state index in [4.69, 9.17) is 9.84 Å². The van der Waals surface area contributed by atoms with Crippen LogP contribution in [0.25, 0.3) is 0 Å². The number of fused-ring (bicyclic) bond motifs is 1. The Morgan fingerprint density at radius 2 is 1.82 bits per heavy atom. The average molecular weight is 382 g/mol. The normalized spacial score (nSPS) is 21.2. The first kappa shape index (κ1) is 20.9. The van der Waals surface area contributed by atoms with Crippen LogP contribution in [0.3, 0.4) is 0 Å². The van der Waals surface area contributed by atoms with Crippen molar-refractivity contribution in [2.24, 2.45) is 0 Å². The van der Waals surface area contributed by atoms with Crippen LogP contribution in [-0.4, -0.2) is 23.3 Å². The molecule has 1 N–H and O–H groups in total. The molecule has 0 fully saturated rings. The minimum atomic E-state index is -0.0440. The molecule has 3 rings (SSSR count). The molecule has 152 valence electrons. The summed E-state index contributed by atoms with van der Waals surface area (Å²) in [6.45, 7) is 5.51. The van der Waals surface area contributed by atoms with E-state index in [9.17, 15) is 0 Å². The van der Waals surface area contributed by atoms with Crippen LogP contribution < -0.4 is 4.74 Å². The zero-order valence-electron chi connectivity index (χ0n) is 17.5. The van der Waals surface area contributed by atoms with Gasteiger partial charge in [0, 0.05) is 30.3 Å². The minimum Gasteiger partial charge on any atom is -0.492 e. The molecular formula is C25H35NO2. The average Bonchev–Trinajstić information content (AvgIpc) is 2.72. The molecule has 0 aliphatic carbocycles. The Hall–Kier alpha value is -1.87. The third kappa shape index (κ3) is 4.94. The maximum atomic E-state index is 8.88. The molecule has 2 heterocycles. The van der Waals surface area contributed by atoms with E-state index in [1.165, 1.54) is 55.2 Å². The first-order chi connectivity index (χ1) is 13.6. The first-order valence-electron chi connectivity index (χ1n) is 10.9. The summed E-state index contributed by atoms with van der Waals surface area (Å²) >= 11 is 0. The summed E-state index contributed by atoms with van der Waals surface area (Å²) in [5.74, 6) is 1.52. The molecule has 3 nitrogen and oxygen atoms in total. The van der Waals surface area contributed by atoms with E-state index >= 15 is 0 Å². The van der Waals surface area contributed by atoms with Crippen LogP contribution in [0.5, 0.6) is 5.75 Å². The van der Waals surface area contributed by atoms with Crippen molar-refractivity contribution in [1.82, 2.24) is 4.98 Å². The molecule has 0 bridgehead atoms. The van der Waals surface area contributed by atoms with Gasteiger partial charge in [-0.05, 0) is 48.6 Å². The lowest BCUT2D eigenvalue weighted by Gasteiger charge is -2.43. The fourth-order valence-corrected chi connectivity index (χ4v) is 4.53. The van der Waals surface area contributed by atoms with Crippen molar-refractivity contribution < 1.29 is 9.84 Å². The zero-order chi connectivity index (χ0) is 19.8. The lowest BCUT2D eigenvalue weighted by molar-refractivity contribution is 0.162. The van der Waals surface area contributed by atoms with Gasteiger partial charge in [-0.15, -0.1) is 0 Å². The highest BCUT2D eigenvalue weighted by atomic mass is 16.5. The van der Waals surface area contributed by atoms with Crippen molar-refractivity contribution in [3.8, 4) is 5.75 Å². The molecule has 0 saturated heterocycles. The number of aromatic nitrogens is 1. The third-order valence-electron chi connectivity index (χ3n) is 6.31.